The van der Waals surface area contributed by atoms with Gasteiger partial charge in [-0.05, 0) is 48.6 Å². The van der Waals surface area contributed by atoms with E-state index in [-0.39, 0.29) is 29.8 Å². The highest BCUT2D eigenvalue weighted by atomic mass is 32.2. The van der Waals surface area contributed by atoms with Gasteiger partial charge in [-0.15, -0.1) is 11.8 Å². The maximum atomic E-state index is 13.6. The average molecular weight is 453 g/mol. The standard InChI is InChI=1S/C26H32N2O3S/c1-3-4-16-28-24(29)14-13-21(25(28)18-9-11-19(31-2)12-10-18)26(30)27-22-15-17-32-23-8-6-5-7-20(22)23/h5-12,21-22,25H,3-4,13-17H2,1-2H3,(H,27,30)/t21-,22-,25+/m0/s1. The molecule has 2 heterocycles. The topological polar surface area (TPSA) is 58.6 Å². The molecule has 2 amide bonds. The lowest BCUT2D eigenvalue weighted by Crippen LogP contribution is -2.49. The number of thioether (sulfide) groups is 1. The van der Waals surface area contributed by atoms with Crippen LogP contribution in [0.3, 0.4) is 0 Å². The molecule has 0 unspecified atom stereocenters. The minimum atomic E-state index is -0.264. The first kappa shape index (κ1) is 22.7. The van der Waals surface area contributed by atoms with Crippen molar-refractivity contribution in [1.82, 2.24) is 10.2 Å². The van der Waals surface area contributed by atoms with Gasteiger partial charge in [-0.2, -0.15) is 0 Å². The fourth-order valence-electron chi connectivity index (χ4n) is 4.80. The van der Waals surface area contributed by atoms with Crippen LogP contribution in [-0.4, -0.2) is 36.1 Å². The first-order chi connectivity index (χ1) is 15.6. The smallest absolute Gasteiger partial charge is 0.226 e. The van der Waals surface area contributed by atoms with Crippen molar-refractivity contribution >= 4 is 23.6 Å². The van der Waals surface area contributed by atoms with E-state index in [1.54, 1.807) is 7.11 Å². The molecule has 2 aliphatic rings. The number of nitrogens with one attached hydrogen (secondary N) is 1. The van der Waals surface area contributed by atoms with Crippen LogP contribution in [0.25, 0.3) is 0 Å². The lowest BCUT2D eigenvalue weighted by atomic mass is 9.83. The zero-order chi connectivity index (χ0) is 22.5. The van der Waals surface area contributed by atoms with Gasteiger partial charge < -0.3 is 15.0 Å². The summed E-state index contributed by atoms with van der Waals surface area (Å²) in [6.07, 6.45) is 3.86. The summed E-state index contributed by atoms with van der Waals surface area (Å²) in [6, 6.07) is 15.9. The summed E-state index contributed by atoms with van der Waals surface area (Å²) < 4.78 is 5.32. The Hall–Kier alpha value is -2.47. The molecule has 2 aliphatic heterocycles. The molecule has 4 rings (SSSR count). The van der Waals surface area contributed by atoms with Gasteiger partial charge in [-0.1, -0.05) is 43.7 Å². The second kappa shape index (κ2) is 10.4. The summed E-state index contributed by atoms with van der Waals surface area (Å²) in [5.74, 6) is 1.69. The molecule has 2 aromatic carbocycles. The number of fused-ring (bicyclic) bond motifs is 1. The summed E-state index contributed by atoms with van der Waals surface area (Å²) in [5.41, 5.74) is 2.20. The molecule has 0 bridgehead atoms. The molecule has 5 nitrogen and oxygen atoms in total. The van der Waals surface area contributed by atoms with Gasteiger partial charge in [0.15, 0.2) is 0 Å². The molecular weight excluding hydrogens is 420 g/mol. The number of rotatable bonds is 7. The summed E-state index contributed by atoms with van der Waals surface area (Å²) in [4.78, 5) is 29.7. The van der Waals surface area contributed by atoms with Crippen molar-refractivity contribution in [2.75, 3.05) is 19.4 Å². The Labute approximate surface area is 194 Å². The number of hydrogen-bond acceptors (Lipinski definition) is 4. The number of likely N-dealkylation sites (tertiary alicyclic amines) is 1. The predicted octanol–water partition coefficient (Wildman–Crippen LogP) is 5.13. The highest BCUT2D eigenvalue weighted by Gasteiger charge is 2.41. The molecule has 1 N–H and O–H groups in total. The maximum Gasteiger partial charge on any atom is 0.226 e. The van der Waals surface area contributed by atoms with Crippen LogP contribution in [0.2, 0.25) is 0 Å². The van der Waals surface area contributed by atoms with E-state index in [1.807, 2.05) is 53.1 Å². The van der Waals surface area contributed by atoms with E-state index < -0.39 is 0 Å². The van der Waals surface area contributed by atoms with Gasteiger partial charge in [0.1, 0.15) is 5.75 Å². The molecule has 0 saturated carbocycles. The van der Waals surface area contributed by atoms with Crippen molar-refractivity contribution < 1.29 is 14.3 Å². The van der Waals surface area contributed by atoms with Crippen molar-refractivity contribution in [3.63, 3.8) is 0 Å². The maximum absolute atomic E-state index is 13.6. The minimum absolute atomic E-state index is 0.0261. The summed E-state index contributed by atoms with van der Waals surface area (Å²) in [6.45, 7) is 2.80. The van der Waals surface area contributed by atoms with Crippen molar-refractivity contribution in [2.24, 2.45) is 5.92 Å². The number of nitrogens with zero attached hydrogens (tertiary/aromatic N) is 1. The van der Waals surface area contributed by atoms with Gasteiger partial charge >= 0.3 is 0 Å². The van der Waals surface area contributed by atoms with E-state index in [9.17, 15) is 9.59 Å². The van der Waals surface area contributed by atoms with E-state index in [0.29, 0.717) is 19.4 Å². The van der Waals surface area contributed by atoms with Crippen molar-refractivity contribution in [1.29, 1.82) is 0 Å². The number of benzene rings is 2. The molecular formula is C26H32N2O3S. The van der Waals surface area contributed by atoms with Crippen molar-refractivity contribution in [2.45, 2.75) is 56.0 Å². The van der Waals surface area contributed by atoms with Crippen LogP contribution in [0, 0.1) is 5.92 Å². The first-order valence-electron chi connectivity index (χ1n) is 11.6. The van der Waals surface area contributed by atoms with Gasteiger partial charge in [0.05, 0.1) is 25.1 Å². The molecule has 6 heteroatoms. The van der Waals surface area contributed by atoms with Crippen molar-refractivity contribution in [3.05, 3.63) is 59.7 Å². The second-order valence-corrected chi connectivity index (χ2v) is 9.68. The SMILES string of the molecule is CCCCN1C(=O)CC[C@H](C(=O)N[C@H]2CCSc3ccccc32)[C@H]1c1ccc(OC)cc1. The van der Waals surface area contributed by atoms with Crippen molar-refractivity contribution in [3.8, 4) is 5.75 Å². The van der Waals surface area contributed by atoms with Gasteiger partial charge in [-0.3, -0.25) is 9.59 Å². The molecule has 0 spiro atoms. The summed E-state index contributed by atoms with van der Waals surface area (Å²) in [7, 11) is 1.64. The number of piperidine rings is 1. The molecule has 32 heavy (non-hydrogen) atoms. The molecule has 0 aromatic heterocycles. The van der Waals surface area contributed by atoms with Crippen LogP contribution in [-0.2, 0) is 9.59 Å². The summed E-state index contributed by atoms with van der Waals surface area (Å²) in [5, 5.41) is 3.34. The Morgan fingerprint density at radius 1 is 1.16 bits per heavy atom. The average Bonchev–Trinajstić information content (AvgIpc) is 2.83. The summed E-state index contributed by atoms with van der Waals surface area (Å²) >= 11 is 1.85. The Bertz CT molecular complexity index is 946. The van der Waals surface area contributed by atoms with Crippen LogP contribution < -0.4 is 10.1 Å². The zero-order valence-corrected chi connectivity index (χ0v) is 19.7. The van der Waals surface area contributed by atoms with Gasteiger partial charge in [0, 0.05) is 23.6 Å². The molecule has 1 saturated heterocycles. The quantitative estimate of drug-likeness (QED) is 0.633. The molecule has 0 radical (unpaired) electrons. The van der Waals surface area contributed by atoms with Crippen LogP contribution in [0.1, 0.15) is 62.2 Å². The fourth-order valence-corrected chi connectivity index (χ4v) is 5.93. The number of carbonyl (C=O) groups excluding carboxylic acids is 2. The van der Waals surface area contributed by atoms with E-state index in [1.165, 1.54) is 10.5 Å². The van der Waals surface area contributed by atoms with E-state index >= 15 is 0 Å². The Morgan fingerprint density at radius 2 is 1.94 bits per heavy atom. The number of methoxy groups -OCH3 is 1. The highest BCUT2D eigenvalue weighted by Crippen LogP contribution is 2.40. The number of carbonyl (C=O) groups is 2. The predicted molar refractivity (Wildman–Crippen MR) is 128 cm³/mol. The largest absolute Gasteiger partial charge is 0.497 e. The zero-order valence-electron chi connectivity index (χ0n) is 18.9. The lowest BCUT2D eigenvalue weighted by Gasteiger charge is -2.41. The van der Waals surface area contributed by atoms with Gasteiger partial charge in [-0.25, -0.2) is 0 Å². The first-order valence-corrected chi connectivity index (χ1v) is 12.6. The lowest BCUT2D eigenvalue weighted by molar-refractivity contribution is -0.143. The number of ether oxygens (including phenoxy) is 1. The Morgan fingerprint density at radius 3 is 2.69 bits per heavy atom. The van der Waals surface area contributed by atoms with Gasteiger partial charge in [0.25, 0.3) is 0 Å². The van der Waals surface area contributed by atoms with E-state index in [0.717, 1.165) is 36.3 Å². The molecule has 1 fully saturated rings. The Kier molecular flexibility index (Phi) is 7.40. The van der Waals surface area contributed by atoms with E-state index in [4.69, 9.17) is 4.74 Å². The second-order valence-electron chi connectivity index (χ2n) is 8.54. The fraction of sp³-hybridized carbons (Fsp3) is 0.462. The number of hydrogen-bond donors (Lipinski definition) is 1. The third-order valence-corrected chi connectivity index (χ3v) is 7.65. The van der Waals surface area contributed by atoms with Crippen LogP contribution >= 0.6 is 11.8 Å². The third kappa shape index (κ3) is 4.80. The number of amides is 2. The van der Waals surface area contributed by atoms with E-state index in [2.05, 4.69) is 24.4 Å². The molecule has 2 aromatic rings. The van der Waals surface area contributed by atoms with Crippen LogP contribution in [0.15, 0.2) is 53.4 Å². The monoisotopic (exact) mass is 452 g/mol. The third-order valence-electron chi connectivity index (χ3n) is 6.53. The molecule has 3 atom stereocenters. The highest BCUT2D eigenvalue weighted by molar-refractivity contribution is 7.99. The van der Waals surface area contributed by atoms with Crippen LogP contribution in [0.4, 0.5) is 0 Å². The van der Waals surface area contributed by atoms with Gasteiger partial charge in [0.2, 0.25) is 11.8 Å². The van der Waals surface area contributed by atoms with Crippen LogP contribution in [0.5, 0.6) is 5.75 Å². The molecule has 170 valence electrons. The Balaban J connectivity index is 1.61. The molecule has 0 aliphatic carbocycles. The normalized spacial score (nSPS) is 22.9. The number of unbranched alkanes of at least 4 members (excludes halogenated alkanes) is 1. The minimum Gasteiger partial charge on any atom is -0.497 e.